The Balaban J connectivity index is 1.33. The van der Waals surface area contributed by atoms with Gasteiger partial charge in [0, 0.05) is 35.3 Å². The van der Waals surface area contributed by atoms with Crippen molar-refractivity contribution in [3.8, 4) is 11.3 Å². The number of hydrogen-bond acceptors (Lipinski definition) is 5. The van der Waals surface area contributed by atoms with Gasteiger partial charge in [-0.15, -0.1) is 0 Å². The number of likely N-dealkylation sites (tertiary alicyclic amines) is 1. The molecule has 1 aromatic heterocycles. The predicted molar refractivity (Wildman–Crippen MR) is 143 cm³/mol. The van der Waals surface area contributed by atoms with E-state index in [-0.39, 0.29) is 24.8 Å². The van der Waals surface area contributed by atoms with Crippen LogP contribution in [0.2, 0.25) is 5.02 Å². The van der Waals surface area contributed by atoms with E-state index < -0.39 is 23.4 Å². The minimum Gasteiger partial charge on any atom is -0.436 e. The average molecular weight is 552 g/mol. The first kappa shape index (κ1) is 25.4. The SMILES string of the molecule is O=C1CCCC[C@@H](C(=O)N2CCC[C@@]3(C2)OC(=O)Nc2ccc(Cl)cc23)c2nc(c[nH]2)-c2ccc(F)cc2N1. The lowest BCUT2D eigenvalue weighted by molar-refractivity contribution is -0.141. The van der Waals surface area contributed by atoms with Crippen LogP contribution in [-0.2, 0) is 19.9 Å². The summed E-state index contributed by atoms with van der Waals surface area (Å²) in [5.74, 6) is -0.900. The summed E-state index contributed by atoms with van der Waals surface area (Å²) < 4.78 is 19.8. The summed E-state index contributed by atoms with van der Waals surface area (Å²) in [5, 5.41) is 6.03. The Kier molecular flexibility index (Phi) is 6.50. The van der Waals surface area contributed by atoms with Gasteiger partial charge >= 0.3 is 6.09 Å². The molecular weight excluding hydrogens is 525 g/mol. The van der Waals surface area contributed by atoms with Crippen LogP contribution in [0, 0.1) is 5.82 Å². The molecule has 202 valence electrons. The molecule has 0 unspecified atom stereocenters. The first-order valence-corrected chi connectivity index (χ1v) is 13.4. The number of piperidine rings is 1. The standard InChI is InChI=1S/C28H27ClFN5O4/c29-16-6-9-21-20(12-16)28(39-27(38)34-21)10-3-11-35(15-28)26(37)19-4-1-2-5-24(36)32-22-13-17(30)7-8-18(22)23-14-31-25(19)33-23/h6-9,12-14,19H,1-5,10-11,15H2,(H,31,33)(H,32,36)(H,34,38)/t19-,28+/m1/s1. The third kappa shape index (κ3) is 4.85. The van der Waals surface area contributed by atoms with Gasteiger partial charge in [0.05, 0.1) is 29.5 Å². The molecule has 3 aromatic rings. The lowest BCUT2D eigenvalue weighted by Gasteiger charge is -2.45. The fraction of sp³-hybridized carbons (Fsp3) is 0.357. The molecule has 3 aliphatic rings. The molecule has 6 rings (SSSR count). The summed E-state index contributed by atoms with van der Waals surface area (Å²) in [5.41, 5.74) is 1.78. The second kappa shape index (κ2) is 10.00. The highest BCUT2D eigenvalue weighted by atomic mass is 35.5. The normalized spacial score (nSPS) is 22.9. The minimum atomic E-state index is -1.00. The number of benzene rings is 2. The molecule has 1 saturated heterocycles. The van der Waals surface area contributed by atoms with Crippen molar-refractivity contribution < 1.29 is 23.5 Å². The zero-order valence-corrected chi connectivity index (χ0v) is 21.8. The average Bonchev–Trinajstić information content (AvgIpc) is 3.38. The highest BCUT2D eigenvalue weighted by molar-refractivity contribution is 6.30. The van der Waals surface area contributed by atoms with Crippen LogP contribution in [0.15, 0.2) is 42.6 Å². The quantitative estimate of drug-likeness (QED) is 0.367. The Morgan fingerprint density at radius 1 is 1.10 bits per heavy atom. The maximum Gasteiger partial charge on any atom is 0.412 e. The van der Waals surface area contributed by atoms with Crippen molar-refractivity contribution in [1.29, 1.82) is 0 Å². The zero-order chi connectivity index (χ0) is 27.1. The van der Waals surface area contributed by atoms with E-state index in [4.69, 9.17) is 21.3 Å². The molecule has 11 heteroatoms. The highest BCUT2D eigenvalue weighted by Gasteiger charge is 2.47. The third-order valence-corrected chi connectivity index (χ3v) is 7.90. The zero-order valence-electron chi connectivity index (χ0n) is 21.1. The fourth-order valence-electron chi connectivity index (χ4n) is 5.82. The number of fused-ring (bicyclic) bond motifs is 6. The number of nitrogens with one attached hydrogen (secondary N) is 3. The molecule has 2 bridgehead atoms. The van der Waals surface area contributed by atoms with E-state index in [0.29, 0.717) is 72.1 Å². The molecular formula is C28H27ClFN5O4. The van der Waals surface area contributed by atoms with Crippen molar-refractivity contribution in [1.82, 2.24) is 14.9 Å². The largest absolute Gasteiger partial charge is 0.436 e. The number of nitrogens with zero attached hydrogens (tertiary/aromatic N) is 2. The van der Waals surface area contributed by atoms with Crippen LogP contribution in [-0.4, -0.2) is 45.9 Å². The summed E-state index contributed by atoms with van der Waals surface area (Å²) in [6.07, 6.45) is 4.23. The number of carbonyl (C=O) groups excluding carboxylic acids is 3. The van der Waals surface area contributed by atoms with Gasteiger partial charge in [0.15, 0.2) is 5.60 Å². The molecule has 4 heterocycles. The lowest BCUT2D eigenvalue weighted by Crippen LogP contribution is -2.54. The number of rotatable bonds is 1. The third-order valence-electron chi connectivity index (χ3n) is 7.67. The van der Waals surface area contributed by atoms with Gasteiger partial charge in [-0.2, -0.15) is 0 Å². The van der Waals surface area contributed by atoms with Gasteiger partial charge in [0.25, 0.3) is 0 Å². The second-order valence-electron chi connectivity index (χ2n) is 10.3. The Morgan fingerprint density at radius 3 is 2.85 bits per heavy atom. The van der Waals surface area contributed by atoms with E-state index in [9.17, 15) is 18.8 Å². The highest BCUT2D eigenvalue weighted by Crippen LogP contribution is 2.44. The molecule has 0 saturated carbocycles. The minimum absolute atomic E-state index is 0.131. The van der Waals surface area contributed by atoms with Gasteiger partial charge in [-0.25, -0.2) is 14.2 Å². The molecule has 3 aliphatic heterocycles. The number of H-pyrrole nitrogens is 1. The smallest absolute Gasteiger partial charge is 0.412 e. The molecule has 1 fully saturated rings. The number of hydrogen-bond donors (Lipinski definition) is 3. The van der Waals surface area contributed by atoms with Gasteiger partial charge in [-0.1, -0.05) is 18.0 Å². The first-order chi connectivity index (χ1) is 18.8. The van der Waals surface area contributed by atoms with Crippen LogP contribution >= 0.6 is 11.6 Å². The topological polar surface area (TPSA) is 116 Å². The van der Waals surface area contributed by atoms with Gasteiger partial charge in [-0.3, -0.25) is 14.9 Å². The van der Waals surface area contributed by atoms with E-state index in [1.54, 1.807) is 35.4 Å². The summed E-state index contributed by atoms with van der Waals surface area (Å²) in [6.45, 7) is 0.706. The van der Waals surface area contributed by atoms with E-state index >= 15 is 0 Å². The molecule has 0 radical (unpaired) electrons. The predicted octanol–water partition coefficient (Wildman–Crippen LogP) is 5.55. The summed E-state index contributed by atoms with van der Waals surface area (Å²) in [4.78, 5) is 48.7. The van der Waals surface area contributed by atoms with Crippen LogP contribution < -0.4 is 10.6 Å². The van der Waals surface area contributed by atoms with E-state index in [1.165, 1.54) is 12.1 Å². The van der Waals surface area contributed by atoms with Crippen molar-refractivity contribution in [3.05, 3.63) is 64.8 Å². The summed E-state index contributed by atoms with van der Waals surface area (Å²) >= 11 is 6.29. The van der Waals surface area contributed by atoms with Crippen molar-refractivity contribution in [3.63, 3.8) is 0 Å². The van der Waals surface area contributed by atoms with Crippen molar-refractivity contribution in [2.24, 2.45) is 0 Å². The molecule has 1 spiro atoms. The van der Waals surface area contributed by atoms with Gasteiger partial charge < -0.3 is 19.9 Å². The maximum atomic E-state index is 14.1. The van der Waals surface area contributed by atoms with E-state index in [2.05, 4.69) is 15.6 Å². The first-order valence-electron chi connectivity index (χ1n) is 13.1. The molecule has 3 amide bonds. The number of ether oxygens (including phenoxy) is 1. The Bertz CT molecular complexity index is 1480. The summed E-state index contributed by atoms with van der Waals surface area (Å²) in [6, 6.07) is 9.38. The van der Waals surface area contributed by atoms with Crippen molar-refractivity contribution in [2.75, 3.05) is 23.7 Å². The van der Waals surface area contributed by atoms with Crippen LogP contribution in [0.1, 0.15) is 55.8 Å². The number of aromatic nitrogens is 2. The second-order valence-corrected chi connectivity index (χ2v) is 10.7. The maximum absolute atomic E-state index is 14.1. The van der Waals surface area contributed by atoms with Gasteiger partial charge in [0.1, 0.15) is 11.6 Å². The number of halogens is 2. The van der Waals surface area contributed by atoms with Crippen LogP contribution in [0.5, 0.6) is 0 Å². The molecule has 2 atom stereocenters. The number of imidazole rings is 1. The van der Waals surface area contributed by atoms with E-state index in [0.717, 1.165) is 5.56 Å². The van der Waals surface area contributed by atoms with Crippen LogP contribution in [0.4, 0.5) is 20.6 Å². The number of amides is 3. The van der Waals surface area contributed by atoms with Crippen molar-refractivity contribution in [2.45, 2.75) is 50.0 Å². The number of carbonyl (C=O) groups is 3. The molecule has 2 aromatic carbocycles. The van der Waals surface area contributed by atoms with Crippen LogP contribution in [0.25, 0.3) is 11.3 Å². The molecule has 39 heavy (non-hydrogen) atoms. The number of anilines is 2. The van der Waals surface area contributed by atoms with Gasteiger partial charge in [-0.05, 0) is 62.1 Å². The molecule has 9 nitrogen and oxygen atoms in total. The van der Waals surface area contributed by atoms with Gasteiger partial charge in [0.2, 0.25) is 11.8 Å². The summed E-state index contributed by atoms with van der Waals surface area (Å²) in [7, 11) is 0. The fourth-order valence-corrected chi connectivity index (χ4v) is 6.00. The number of aromatic amines is 1. The molecule has 0 aliphatic carbocycles. The van der Waals surface area contributed by atoms with Crippen molar-refractivity contribution >= 4 is 40.9 Å². The van der Waals surface area contributed by atoms with E-state index in [1.807, 2.05) is 0 Å². The lowest BCUT2D eigenvalue weighted by atomic mass is 9.83. The Labute approximate surface area is 229 Å². The monoisotopic (exact) mass is 551 g/mol. The molecule has 3 N–H and O–H groups in total. The Morgan fingerprint density at radius 2 is 1.97 bits per heavy atom. The Hall–Kier alpha value is -3.92. The van der Waals surface area contributed by atoms with Crippen LogP contribution in [0.3, 0.4) is 0 Å².